The second-order valence-corrected chi connectivity index (χ2v) is 11.4. The summed E-state index contributed by atoms with van der Waals surface area (Å²) >= 11 is 8.57. The molecule has 32 heavy (non-hydrogen) atoms. The minimum atomic E-state index is -0.496. The van der Waals surface area contributed by atoms with E-state index in [1.165, 1.54) is 13.0 Å². The number of rotatable bonds is 3. The molecule has 4 nitrogen and oxygen atoms in total. The van der Waals surface area contributed by atoms with Crippen LogP contribution in [-0.4, -0.2) is 5.97 Å². The topological polar surface area (TPSA) is 38.8 Å². The summed E-state index contributed by atoms with van der Waals surface area (Å²) in [6.07, 6.45) is 1.98. The average Bonchev–Trinajstić information content (AvgIpc) is 3.17. The Morgan fingerprint density at radius 1 is 1.19 bits per heavy atom. The van der Waals surface area contributed by atoms with Crippen LogP contribution in [0.25, 0.3) is 0 Å². The number of ether oxygens (including phenoxy) is 2. The zero-order chi connectivity index (χ0) is 22.2. The lowest BCUT2D eigenvalue weighted by molar-refractivity contribution is -0.148. The van der Waals surface area contributed by atoms with E-state index in [-0.39, 0.29) is 17.8 Å². The lowest BCUT2D eigenvalue weighted by atomic mass is 9.99. The normalized spacial score (nSPS) is 21.9. The number of nitrogens with zero attached hydrogens (tertiary/aromatic N) is 1. The highest BCUT2D eigenvalue weighted by molar-refractivity contribution is 9.10. The monoisotopic (exact) mass is 577 g/mol. The molecule has 0 N–H and O–H groups in total. The van der Waals surface area contributed by atoms with Crippen molar-refractivity contribution in [3.05, 3.63) is 78.1 Å². The molecule has 3 aliphatic rings. The predicted molar refractivity (Wildman–Crippen MR) is 128 cm³/mol. The molecule has 0 radical (unpaired) electrons. The molecule has 2 atom stereocenters. The van der Waals surface area contributed by atoms with Gasteiger partial charge in [-0.1, -0.05) is 31.9 Å². The minimum absolute atomic E-state index is 0.157. The van der Waals surface area contributed by atoms with E-state index in [0.717, 1.165) is 38.3 Å². The Labute approximate surface area is 205 Å². The third-order valence-electron chi connectivity index (χ3n) is 6.31. The van der Waals surface area contributed by atoms with Gasteiger partial charge in [-0.15, -0.1) is 11.3 Å². The van der Waals surface area contributed by atoms with Crippen LogP contribution in [-0.2, 0) is 21.6 Å². The van der Waals surface area contributed by atoms with Gasteiger partial charge in [0.15, 0.2) is 0 Å². The number of anilines is 1. The minimum Gasteiger partial charge on any atom is -0.465 e. The number of hydrogen-bond donors (Lipinski definition) is 0. The molecule has 1 aromatic heterocycles. The first-order valence-corrected chi connectivity index (χ1v) is 12.8. The molecule has 2 unspecified atom stereocenters. The fourth-order valence-electron chi connectivity index (χ4n) is 4.85. The summed E-state index contributed by atoms with van der Waals surface area (Å²) in [6.45, 7) is 1.45. The van der Waals surface area contributed by atoms with Crippen LogP contribution in [0.15, 0.2) is 51.4 Å². The Hall–Kier alpha value is -1.90. The second kappa shape index (κ2) is 7.30. The molecule has 2 aliphatic heterocycles. The number of fused-ring (bicyclic) bond motifs is 5. The summed E-state index contributed by atoms with van der Waals surface area (Å²) in [7, 11) is 0. The Kier molecular flexibility index (Phi) is 4.72. The van der Waals surface area contributed by atoms with Crippen LogP contribution in [0.4, 0.5) is 10.1 Å². The van der Waals surface area contributed by atoms with Crippen molar-refractivity contribution in [1.29, 1.82) is 0 Å². The van der Waals surface area contributed by atoms with E-state index < -0.39 is 11.8 Å². The third kappa shape index (κ3) is 3.22. The summed E-state index contributed by atoms with van der Waals surface area (Å²) in [5.41, 5.74) is 2.30. The number of carbonyl (C=O) groups is 1. The van der Waals surface area contributed by atoms with Crippen LogP contribution in [0.1, 0.15) is 52.9 Å². The highest BCUT2D eigenvalue weighted by atomic mass is 79.9. The van der Waals surface area contributed by atoms with Crippen molar-refractivity contribution < 1.29 is 18.7 Å². The predicted octanol–water partition coefficient (Wildman–Crippen LogP) is 7.16. The van der Waals surface area contributed by atoms with Gasteiger partial charge in [0.05, 0.1) is 16.5 Å². The van der Waals surface area contributed by atoms with E-state index >= 15 is 4.39 Å². The van der Waals surface area contributed by atoms with E-state index in [4.69, 9.17) is 9.47 Å². The number of hydrogen-bond acceptors (Lipinski definition) is 5. The molecule has 3 aromatic rings. The second-order valence-electron chi connectivity index (χ2n) is 8.46. The van der Waals surface area contributed by atoms with Crippen molar-refractivity contribution in [2.24, 2.45) is 0 Å². The van der Waals surface area contributed by atoms with Crippen LogP contribution >= 0.6 is 43.2 Å². The lowest BCUT2D eigenvalue weighted by Crippen LogP contribution is -2.37. The first-order valence-electron chi connectivity index (χ1n) is 10.4. The lowest BCUT2D eigenvalue weighted by Gasteiger charge is -2.40. The number of esters is 1. The van der Waals surface area contributed by atoms with Gasteiger partial charge in [-0.05, 0) is 67.3 Å². The van der Waals surface area contributed by atoms with Crippen LogP contribution in [0.5, 0.6) is 5.75 Å². The fourth-order valence-corrected chi connectivity index (χ4v) is 6.88. The molecule has 0 spiro atoms. The maximum absolute atomic E-state index is 15.1. The number of thiophene rings is 1. The van der Waals surface area contributed by atoms with E-state index in [2.05, 4.69) is 48.9 Å². The van der Waals surface area contributed by atoms with Crippen LogP contribution in [0, 0.1) is 5.82 Å². The van der Waals surface area contributed by atoms with Crippen molar-refractivity contribution in [3.63, 3.8) is 0 Å². The zero-order valence-electron chi connectivity index (χ0n) is 17.0. The molecule has 6 rings (SSSR count). The van der Waals surface area contributed by atoms with Crippen molar-refractivity contribution >= 4 is 54.9 Å². The smallest absolute Gasteiger partial charge is 0.303 e. The van der Waals surface area contributed by atoms with Gasteiger partial charge in [0, 0.05) is 26.4 Å². The molecule has 0 bridgehead atoms. The quantitative estimate of drug-likeness (QED) is 0.309. The van der Waals surface area contributed by atoms with E-state index in [0.29, 0.717) is 22.2 Å². The summed E-state index contributed by atoms with van der Waals surface area (Å²) in [5.74, 6) is 0.0270. The molecule has 1 saturated carbocycles. The highest BCUT2D eigenvalue weighted by Crippen LogP contribution is 2.56. The van der Waals surface area contributed by atoms with Crippen molar-refractivity contribution in [3.8, 4) is 5.75 Å². The van der Waals surface area contributed by atoms with Crippen molar-refractivity contribution in [2.75, 3.05) is 4.90 Å². The summed E-state index contributed by atoms with van der Waals surface area (Å²) in [4.78, 5) is 15.8. The molecule has 1 aliphatic carbocycles. The van der Waals surface area contributed by atoms with Crippen LogP contribution < -0.4 is 9.64 Å². The zero-order valence-corrected chi connectivity index (χ0v) is 21.0. The Bertz CT molecular complexity index is 1270. The van der Waals surface area contributed by atoms with Crippen LogP contribution in [0.3, 0.4) is 0 Å². The van der Waals surface area contributed by atoms with Crippen LogP contribution in [0.2, 0.25) is 0 Å². The summed E-state index contributed by atoms with van der Waals surface area (Å²) in [6, 6.07) is 13.4. The molecular weight excluding hydrogens is 561 g/mol. The Balaban J connectivity index is 1.46. The molecule has 8 heteroatoms. The number of halogens is 3. The van der Waals surface area contributed by atoms with Gasteiger partial charge in [-0.2, -0.15) is 0 Å². The first kappa shape index (κ1) is 20.7. The maximum Gasteiger partial charge on any atom is 0.303 e. The van der Waals surface area contributed by atoms with Gasteiger partial charge in [-0.3, -0.25) is 4.79 Å². The molecule has 164 valence electrons. The number of benzene rings is 2. The fraction of sp³-hybridized carbons (Fsp3) is 0.292. The van der Waals surface area contributed by atoms with Gasteiger partial charge in [0.1, 0.15) is 17.2 Å². The SMILES string of the molecule is CC(=O)OC1(c2ccc(C3Oc4cc(Br)cc(F)c4C4Cc5cc(Br)ccc5N43)s2)CC1. The van der Waals surface area contributed by atoms with Gasteiger partial charge in [0.2, 0.25) is 6.23 Å². The third-order valence-corrected chi connectivity index (χ3v) is 8.56. The highest BCUT2D eigenvalue weighted by Gasteiger charge is 2.50. The van der Waals surface area contributed by atoms with Gasteiger partial charge < -0.3 is 14.4 Å². The van der Waals surface area contributed by atoms with Crippen molar-refractivity contribution in [1.82, 2.24) is 0 Å². The van der Waals surface area contributed by atoms with Gasteiger partial charge in [0.25, 0.3) is 0 Å². The Morgan fingerprint density at radius 2 is 2.00 bits per heavy atom. The van der Waals surface area contributed by atoms with E-state index in [1.54, 1.807) is 11.3 Å². The molecule has 0 amide bonds. The standard InChI is InChI=1S/C24H18Br2FNO3S/c1-12(29)31-24(6-7-24)21-5-4-20(32-21)23-28-17-3-2-14(25)8-13(17)9-18(28)22-16(27)10-15(26)11-19(22)30-23/h2-5,8,10-11,18,23H,6-7,9H2,1H3. The average molecular weight is 579 g/mol. The molecule has 1 fully saturated rings. The van der Waals surface area contributed by atoms with Gasteiger partial charge >= 0.3 is 5.97 Å². The molecule has 3 heterocycles. The molecular formula is C24H18Br2FNO3S. The summed E-state index contributed by atoms with van der Waals surface area (Å²) < 4.78 is 28.8. The number of carbonyl (C=O) groups excluding carboxylic acids is 1. The Morgan fingerprint density at radius 3 is 2.75 bits per heavy atom. The first-order chi connectivity index (χ1) is 15.3. The summed E-state index contributed by atoms with van der Waals surface area (Å²) in [5, 5.41) is 0. The molecule has 0 saturated heterocycles. The van der Waals surface area contributed by atoms with Crippen molar-refractivity contribution in [2.45, 2.75) is 44.1 Å². The van der Waals surface area contributed by atoms with Gasteiger partial charge in [-0.25, -0.2) is 4.39 Å². The molecule has 2 aromatic carbocycles. The largest absolute Gasteiger partial charge is 0.465 e. The van der Waals surface area contributed by atoms with E-state index in [1.807, 2.05) is 24.3 Å². The van der Waals surface area contributed by atoms with E-state index in [9.17, 15) is 4.79 Å². The maximum atomic E-state index is 15.1.